The molecule has 3 aromatic carbocycles. The van der Waals surface area contributed by atoms with E-state index >= 15 is 0 Å². The summed E-state index contributed by atoms with van der Waals surface area (Å²) < 4.78 is 4.99. The molecule has 0 fully saturated rings. The van der Waals surface area contributed by atoms with E-state index in [1.54, 1.807) is 0 Å². The smallest absolute Gasteiger partial charge is 0.338 e. The number of nitrogens with zero attached hydrogens (tertiary/aromatic N) is 1. The number of aryl methyl sites for hydroxylation is 3. The molecule has 0 saturated heterocycles. The molecular weight excluding hydrogens is 396 g/mol. The van der Waals surface area contributed by atoms with Crippen molar-refractivity contribution in [2.24, 2.45) is 0 Å². The third-order valence-electron chi connectivity index (χ3n) is 6.23. The summed E-state index contributed by atoms with van der Waals surface area (Å²) in [5, 5.41) is 0. The Balaban J connectivity index is 1.56. The largest absolute Gasteiger partial charge is 0.465 e. The van der Waals surface area contributed by atoms with Gasteiger partial charge in [-0.25, -0.2) is 9.78 Å². The van der Waals surface area contributed by atoms with E-state index in [9.17, 15) is 4.79 Å². The van der Waals surface area contributed by atoms with Gasteiger partial charge in [0, 0.05) is 12.8 Å². The Labute approximate surface area is 189 Å². The Morgan fingerprint density at radius 2 is 1.69 bits per heavy atom. The quantitative estimate of drug-likeness (QED) is 0.273. The van der Waals surface area contributed by atoms with Gasteiger partial charge in [0.15, 0.2) is 0 Å². The monoisotopic (exact) mass is 426 g/mol. The Bertz CT molecular complexity index is 1230. The van der Waals surface area contributed by atoms with Gasteiger partial charge in [-0.15, -0.1) is 0 Å². The van der Waals surface area contributed by atoms with E-state index in [0.717, 1.165) is 48.1 Å². The summed E-state index contributed by atoms with van der Waals surface area (Å²) in [7, 11) is 1.42. The Kier molecular flexibility index (Phi) is 6.69. The molecule has 0 unspecified atom stereocenters. The SMILES string of the molecule is COC(=O)c1ccccc1Cc1c(C)c(C)cc2[nH]c(CCCCc3ccccc3)nc12. The molecule has 0 spiro atoms. The predicted molar refractivity (Wildman–Crippen MR) is 129 cm³/mol. The van der Waals surface area contributed by atoms with Crippen LogP contribution in [0.5, 0.6) is 0 Å². The maximum absolute atomic E-state index is 12.2. The fraction of sp³-hybridized carbons (Fsp3) is 0.286. The van der Waals surface area contributed by atoms with Crippen molar-refractivity contribution in [3.8, 4) is 0 Å². The topological polar surface area (TPSA) is 55.0 Å². The first kappa shape index (κ1) is 21.8. The van der Waals surface area contributed by atoms with Crippen LogP contribution in [0.3, 0.4) is 0 Å². The molecule has 0 aliphatic carbocycles. The van der Waals surface area contributed by atoms with E-state index < -0.39 is 0 Å². The number of carbonyl (C=O) groups is 1. The molecule has 0 bridgehead atoms. The molecule has 0 atom stereocenters. The second kappa shape index (κ2) is 9.82. The molecule has 0 aliphatic heterocycles. The lowest BCUT2D eigenvalue weighted by atomic mass is 9.93. The average Bonchev–Trinajstić information content (AvgIpc) is 3.22. The van der Waals surface area contributed by atoms with E-state index in [-0.39, 0.29) is 5.97 Å². The van der Waals surface area contributed by atoms with E-state index in [1.807, 2.05) is 24.3 Å². The zero-order valence-electron chi connectivity index (χ0n) is 19.1. The van der Waals surface area contributed by atoms with Gasteiger partial charge in [0.2, 0.25) is 0 Å². The first-order chi connectivity index (χ1) is 15.6. The van der Waals surface area contributed by atoms with Crippen LogP contribution >= 0.6 is 0 Å². The maximum Gasteiger partial charge on any atom is 0.338 e. The Morgan fingerprint density at radius 1 is 0.969 bits per heavy atom. The molecule has 1 heterocycles. The number of hydrogen-bond donors (Lipinski definition) is 1. The van der Waals surface area contributed by atoms with Crippen LogP contribution in [0.25, 0.3) is 11.0 Å². The maximum atomic E-state index is 12.2. The Morgan fingerprint density at radius 3 is 2.47 bits per heavy atom. The van der Waals surface area contributed by atoms with Gasteiger partial charge in [0.05, 0.1) is 23.7 Å². The molecule has 4 nitrogen and oxygen atoms in total. The van der Waals surface area contributed by atoms with Crippen molar-refractivity contribution >= 4 is 17.0 Å². The highest BCUT2D eigenvalue weighted by atomic mass is 16.5. The third-order valence-corrected chi connectivity index (χ3v) is 6.23. The van der Waals surface area contributed by atoms with Crippen molar-refractivity contribution in [2.75, 3.05) is 7.11 Å². The molecule has 0 aliphatic rings. The Hall–Kier alpha value is -3.40. The van der Waals surface area contributed by atoms with Crippen LogP contribution in [0, 0.1) is 13.8 Å². The van der Waals surface area contributed by atoms with E-state index in [2.05, 4.69) is 55.2 Å². The highest BCUT2D eigenvalue weighted by Gasteiger charge is 2.17. The van der Waals surface area contributed by atoms with Gasteiger partial charge in [0.25, 0.3) is 0 Å². The van der Waals surface area contributed by atoms with Crippen molar-refractivity contribution in [1.82, 2.24) is 9.97 Å². The molecule has 1 N–H and O–H groups in total. The van der Waals surface area contributed by atoms with Crippen LogP contribution in [0.1, 0.15) is 56.8 Å². The number of carbonyl (C=O) groups excluding carboxylic acids is 1. The van der Waals surface area contributed by atoms with Crippen LogP contribution in [0.2, 0.25) is 0 Å². The second-order valence-electron chi connectivity index (χ2n) is 8.39. The first-order valence-electron chi connectivity index (χ1n) is 11.2. The fourth-order valence-electron chi connectivity index (χ4n) is 4.29. The number of methoxy groups -OCH3 is 1. The van der Waals surface area contributed by atoms with E-state index in [0.29, 0.717) is 12.0 Å². The molecule has 0 amide bonds. The number of imidazole rings is 1. The summed E-state index contributed by atoms with van der Waals surface area (Å²) in [6.45, 7) is 4.27. The predicted octanol–water partition coefficient (Wildman–Crippen LogP) is 6.12. The van der Waals surface area contributed by atoms with Gasteiger partial charge < -0.3 is 9.72 Å². The van der Waals surface area contributed by atoms with Gasteiger partial charge >= 0.3 is 5.97 Å². The van der Waals surface area contributed by atoms with Crippen molar-refractivity contribution < 1.29 is 9.53 Å². The number of ether oxygens (including phenoxy) is 1. The number of unbranched alkanes of at least 4 members (excludes halogenated alkanes) is 1. The van der Waals surface area contributed by atoms with Crippen molar-refractivity contribution in [3.63, 3.8) is 0 Å². The molecule has 4 heteroatoms. The molecule has 4 aromatic rings. The highest BCUT2D eigenvalue weighted by molar-refractivity contribution is 5.91. The van der Waals surface area contributed by atoms with Crippen LogP contribution < -0.4 is 0 Å². The number of nitrogens with one attached hydrogen (secondary N) is 1. The fourth-order valence-corrected chi connectivity index (χ4v) is 4.29. The number of aromatic nitrogens is 2. The summed E-state index contributed by atoms with van der Waals surface area (Å²) >= 11 is 0. The van der Waals surface area contributed by atoms with E-state index in [4.69, 9.17) is 9.72 Å². The minimum absolute atomic E-state index is 0.303. The molecule has 0 radical (unpaired) electrons. The number of H-pyrrole nitrogens is 1. The van der Waals surface area contributed by atoms with Gasteiger partial charge in [-0.1, -0.05) is 48.5 Å². The summed E-state index contributed by atoms with van der Waals surface area (Å²) in [5.41, 5.74) is 8.64. The summed E-state index contributed by atoms with van der Waals surface area (Å²) in [4.78, 5) is 20.8. The van der Waals surface area contributed by atoms with Crippen molar-refractivity contribution in [3.05, 3.63) is 99.9 Å². The standard InChI is InChI=1S/C28H30N2O2/c1-19-17-25-27(30-26(29-25)16-10-7-13-21-11-5-4-6-12-21)24(20(19)2)18-22-14-8-9-15-23(22)28(31)32-3/h4-6,8-9,11-12,14-15,17H,7,10,13,16,18H2,1-3H3,(H,29,30). The van der Waals surface area contributed by atoms with Gasteiger partial charge in [0.1, 0.15) is 5.82 Å². The van der Waals surface area contributed by atoms with Crippen LogP contribution in [0.15, 0.2) is 60.7 Å². The summed E-state index contributed by atoms with van der Waals surface area (Å²) in [5.74, 6) is 0.726. The lowest BCUT2D eigenvalue weighted by Crippen LogP contribution is -2.07. The minimum atomic E-state index is -0.303. The van der Waals surface area contributed by atoms with Gasteiger partial charge in [-0.05, 0) is 73.1 Å². The zero-order valence-corrected chi connectivity index (χ0v) is 19.1. The lowest BCUT2D eigenvalue weighted by Gasteiger charge is -2.12. The molecule has 164 valence electrons. The summed E-state index contributed by atoms with van der Waals surface area (Å²) in [6, 6.07) is 20.5. The number of hydrogen-bond acceptors (Lipinski definition) is 3. The first-order valence-corrected chi connectivity index (χ1v) is 11.2. The second-order valence-corrected chi connectivity index (χ2v) is 8.39. The van der Waals surface area contributed by atoms with Crippen molar-refractivity contribution in [2.45, 2.75) is 46.0 Å². The molecule has 32 heavy (non-hydrogen) atoms. The lowest BCUT2D eigenvalue weighted by molar-refractivity contribution is 0.0599. The van der Waals surface area contributed by atoms with Crippen molar-refractivity contribution in [1.29, 1.82) is 0 Å². The average molecular weight is 427 g/mol. The molecule has 4 rings (SSSR count). The molecule has 0 saturated carbocycles. The number of fused-ring (bicyclic) bond motifs is 1. The normalized spacial score (nSPS) is 11.1. The van der Waals surface area contributed by atoms with Crippen LogP contribution in [-0.4, -0.2) is 23.0 Å². The highest BCUT2D eigenvalue weighted by Crippen LogP contribution is 2.28. The molecular formula is C28H30N2O2. The van der Waals surface area contributed by atoms with Crippen LogP contribution in [-0.2, 0) is 24.0 Å². The number of benzene rings is 3. The number of rotatable bonds is 8. The van der Waals surface area contributed by atoms with Gasteiger partial charge in [-0.2, -0.15) is 0 Å². The minimum Gasteiger partial charge on any atom is -0.465 e. The third kappa shape index (κ3) is 4.75. The van der Waals surface area contributed by atoms with Crippen LogP contribution in [0.4, 0.5) is 0 Å². The summed E-state index contributed by atoms with van der Waals surface area (Å²) in [6.07, 6.45) is 4.89. The van der Waals surface area contributed by atoms with Gasteiger partial charge in [-0.3, -0.25) is 0 Å². The number of aromatic amines is 1. The zero-order chi connectivity index (χ0) is 22.5. The van der Waals surface area contributed by atoms with E-state index in [1.165, 1.54) is 29.4 Å². The number of esters is 1. The molecule has 1 aromatic heterocycles.